The number of nitrogens with one attached hydrogen (secondary N) is 1. The Bertz CT molecular complexity index is 349. The molecule has 4 unspecified atom stereocenters. The second-order valence-corrected chi connectivity index (χ2v) is 5.51. The van der Waals surface area contributed by atoms with Gasteiger partial charge < -0.3 is 20.1 Å². The standard InChI is InChI=1S/C13H22N2O4/c1-3-8(2)11(12(16)17)14-13(18)15-6-9-4-5-10(7-15)19-9/h8-11H,3-7H2,1-2H3,(H,14,18)(H,16,17). The van der Waals surface area contributed by atoms with Gasteiger partial charge in [0.2, 0.25) is 0 Å². The molecule has 6 nitrogen and oxygen atoms in total. The third-order valence-corrected chi connectivity index (χ3v) is 4.09. The molecule has 6 heteroatoms. The molecule has 2 aliphatic rings. The molecule has 0 saturated carbocycles. The number of likely N-dealkylation sites (tertiary alicyclic amines) is 1. The van der Waals surface area contributed by atoms with Gasteiger partial charge in [-0.1, -0.05) is 20.3 Å². The van der Waals surface area contributed by atoms with Gasteiger partial charge in [-0.2, -0.15) is 0 Å². The Morgan fingerprint density at radius 2 is 1.95 bits per heavy atom. The zero-order valence-corrected chi connectivity index (χ0v) is 11.5. The summed E-state index contributed by atoms with van der Waals surface area (Å²) in [5.41, 5.74) is 0. The number of ether oxygens (including phenoxy) is 1. The smallest absolute Gasteiger partial charge is 0.326 e. The third kappa shape index (κ3) is 3.18. The molecule has 19 heavy (non-hydrogen) atoms. The van der Waals surface area contributed by atoms with E-state index in [4.69, 9.17) is 4.74 Å². The van der Waals surface area contributed by atoms with Gasteiger partial charge in [0.05, 0.1) is 12.2 Å². The summed E-state index contributed by atoms with van der Waals surface area (Å²) in [6.07, 6.45) is 2.93. The lowest BCUT2D eigenvalue weighted by Gasteiger charge is -2.33. The van der Waals surface area contributed by atoms with Crippen LogP contribution in [0.1, 0.15) is 33.1 Å². The fraction of sp³-hybridized carbons (Fsp3) is 0.846. The number of carbonyl (C=O) groups excluding carboxylic acids is 1. The van der Waals surface area contributed by atoms with Crippen LogP contribution in [0, 0.1) is 5.92 Å². The van der Waals surface area contributed by atoms with E-state index in [1.807, 2.05) is 13.8 Å². The molecule has 0 aromatic rings. The Morgan fingerprint density at radius 3 is 2.42 bits per heavy atom. The van der Waals surface area contributed by atoms with Crippen molar-refractivity contribution in [3.8, 4) is 0 Å². The van der Waals surface area contributed by atoms with Crippen LogP contribution in [0.4, 0.5) is 4.79 Å². The first-order chi connectivity index (χ1) is 9.01. The van der Waals surface area contributed by atoms with Gasteiger partial charge in [0.1, 0.15) is 6.04 Å². The highest BCUT2D eigenvalue weighted by Gasteiger charge is 2.37. The normalized spacial score (nSPS) is 28.8. The first kappa shape index (κ1) is 14.1. The second kappa shape index (κ2) is 5.77. The molecule has 2 saturated heterocycles. The lowest BCUT2D eigenvalue weighted by molar-refractivity contribution is -0.140. The quantitative estimate of drug-likeness (QED) is 0.800. The van der Waals surface area contributed by atoms with E-state index in [1.54, 1.807) is 4.90 Å². The minimum Gasteiger partial charge on any atom is -0.480 e. The Balaban J connectivity index is 1.94. The monoisotopic (exact) mass is 270 g/mol. The van der Waals surface area contributed by atoms with E-state index in [9.17, 15) is 14.7 Å². The van der Waals surface area contributed by atoms with Crippen LogP contribution in [-0.4, -0.2) is 53.3 Å². The molecule has 0 spiro atoms. The summed E-state index contributed by atoms with van der Waals surface area (Å²) >= 11 is 0. The average Bonchev–Trinajstić information content (AvgIpc) is 2.73. The van der Waals surface area contributed by atoms with Gasteiger partial charge in [-0.25, -0.2) is 9.59 Å². The van der Waals surface area contributed by atoms with Crippen LogP contribution in [0.15, 0.2) is 0 Å². The zero-order valence-electron chi connectivity index (χ0n) is 11.5. The first-order valence-corrected chi connectivity index (χ1v) is 6.95. The fourth-order valence-corrected chi connectivity index (χ4v) is 2.69. The molecule has 108 valence electrons. The van der Waals surface area contributed by atoms with Crippen molar-refractivity contribution in [3.63, 3.8) is 0 Å². The van der Waals surface area contributed by atoms with Gasteiger partial charge >= 0.3 is 12.0 Å². The molecule has 2 N–H and O–H groups in total. The van der Waals surface area contributed by atoms with Crippen LogP contribution in [0.5, 0.6) is 0 Å². The van der Waals surface area contributed by atoms with Gasteiger partial charge in [0.25, 0.3) is 0 Å². The Labute approximate surface area is 113 Å². The van der Waals surface area contributed by atoms with E-state index in [-0.39, 0.29) is 24.2 Å². The number of urea groups is 1. The van der Waals surface area contributed by atoms with Crippen molar-refractivity contribution in [3.05, 3.63) is 0 Å². The number of carboxylic acid groups (broad SMARTS) is 1. The largest absolute Gasteiger partial charge is 0.480 e. The van der Waals surface area contributed by atoms with Gasteiger partial charge in [0.15, 0.2) is 0 Å². The number of fused-ring (bicyclic) bond motifs is 2. The molecular formula is C13H22N2O4. The summed E-state index contributed by atoms with van der Waals surface area (Å²) in [5, 5.41) is 11.8. The predicted molar refractivity (Wildman–Crippen MR) is 68.9 cm³/mol. The molecule has 4 atom stereocenters. The summed E-state index contributed by atoms with van der Waals surface area (Å²) in [6.45, 7) is 4.88. The molecule has 2 bridgehead atoms. The lowest BCUT2D eigenvalue weighted by Crippen LogP contribution is -2.54. The summed E-state index contributed by atoms with van der Waals surface area (Å²) in [7, 11) is 0. The van der Waals surface area contributed by atoms with Crippen LogP contribution in [-0.2, 0) is 9.53 Å². The molecule has 2 aliphatic heterocycles. The maximum atomic E-state index is 12.1. The maximum absolute atomic E-state index is 12.1. The van der Waals surface area contributed by atoms with E-state index in [0.717, 1.165) is 12.8 Å². The molecule has 2 rings (SSSR count). The van der Waals surface area contributed by atoms with Crippen LogP contribution in [0.2, 0.25) is 0 Å². The van der Waals surface area contributed by atoms with Crippen molar-refractivity contribution >= 4 is 12.0 Å². The van der Waals surface area contributed by atoms with Crippen molar-refractivity contribution in [2.75, 3.05) is 13.1 Å². The molecule has 0 aliphatic carbocycles. The molecule has 0 radical (unpaired) electrons. The highest BCUT2D eigenvalue weighted by atomic mass is 16.5. The van der Waals surface area contributed by atoms with Crippen molar-refractivity contribution in [2.24, 2.45) is 5.92 Å². The Kier molecular flexibility index (Phi) is 4.29. The zero-order chi connectivity index (χ0) is 14.0. The van der Waals surface area contributed by atoms with Crippen molar-refractivity contribution < 1.29 is 19.4 Å². The first-order valence-electron chi connectivity index (χ1n) is 6.95. The molecule has 0 aromatic carbocycles. The van der Waals surface area contributed by atoms with Crippen LogP contribution < -0.4 is 5.32 Å². The number of hydrogen-bond acceptors (Lipinski definition) is 3. The minimum absolute atomic E-state index is 0.0841. The number of amides is 2. The van der Waals surface area contributed by atoms with E-state index >= 15 is 0 Å². The van der Waals surface area contributed by atoms with Crippen LogP contribution in [0.25, 0.3) is 0 Å². The highest BCUT2D eigenvalue weighted by molar-refractivity contribution is 5.82. The number of carbonyl (C=O) groups is 2. The number of hydrogen-bond donors (Lipinski definition) is 2. The summed E-state index contributed by atoms with van der Waals surface area (Å²) in [6, 6.07) is -1.11. The molecule has 0 aromatic heterocycles. The molecule has 2 heterocycles. The summed E-state index contributed by atoms with van der Waals surface area (Å²) in [5.74, 6) is -1.06. The topological polar surface area (TPSA) is 78.9 Å². The summed E-state index contributed by atoms with van der Waals surface area (Å²) in [4.78, 5) is 25.0. The van der Waals surface area contributed by atoms with Gasteiger partial charge in [-0.05, 0) is 18.8 Å². The number of rotatable bonds is 4. The Hall–Kier alpha value is -1.30. The highest BCUT2D eigenvalue weighted by Crippen LogP contribution is 2.26. The fourth-order valence-electron chi connectivity index (χ4n) is 2.69. The number of carboxylic acids is 1. The van der Waals surface area contributed by atoms with Gasteiger partial charge in [-0.3, -0.25) is 0 Å². The molecule has 2 fully saturated rings. The number of morpholine rings is 1. The van der Waals surface area contributed by atoms with Gasteiger partial charge in [0, 0.05) is 13.1 Å². The SMILES string of the molecule is CCC(C)C(NC(=O)N1CC2CCC(C1)O2)C(=O)O. The van der Waals surface area contributed by atoms with E-state index in [1.165, 1.54) is 0 Å². The average molecular weight is 270 g/mol. The maximum Gasteiger partial charge on any atom is 0.326 e. The predicted octanol–water partition coefficient (Wildman–Crippen LogP) is 1.06. The van der Waals surface area contributed by atoms with Crippen LogP contribution in [0.3, 0.4) is 0 Å². The lowest BCUT2D eigenvalue weighted by atomic mass is 9.99. The van der Waals surface area contributed by atoms with E-state index in [0.29, 0.717) is 19.5 Å². The van der Waals surface area contributed by atoms with Crippen molar-refractivity contribution in [1.29, 1.82) is 0 Å². The van der Waals surface area contributed by atoms with Gasteiger partial charge in [-0.15, -0.1) is 0 Å². The van der Waals surface area contributed by atoms with E-state index in [2.05, 4.69) is 5.32 Å². The number of aliphatic carboxylic acids is 1. The number of nitrogens with zero attached hydrogens (tertiary/aromatic N) is 1. The molecule has 2 amide bonds. The van der Waals surface area contributed by atoms with Crippen molar-refractivity contribution in [1.82, 2.24) is 10.2 Å². The second-order valence-electron chi connectivity index (χ2n) is 5.51. The minimum atomic E-state index is -0.973. The third-order valence-electron chi connectivity index (χ3n) is 4.09. The molecular weight excluding hydrogens is 248 g/mol. The van der Waals surface area contributed by atoms with Crippen molar-refractivity contribution in [2.45, 2.75) is 51.4 Å². The summed E-state index contributed by atoms with van der Waals surface area (Å²) < 4.78 is 5.66. The van der Waals surface area contributed by atoms with Crippen LogP contribution >= 0.6 is 0 Å². The Morgan fingerprint density at radius 1 is 1.37 bits per heavy atom. The van der Waals surface area contributed by atoms with E-state index < -0.39 is 12.0 Å².